The number of nitrogens with one attached hydrogen (secondary N) is 1. The van der Waals surface area contributed by atoms with E-state index in [9.17, 15) is 31.2 Å². The van der Waals surface area contributed by atoms with Gasteiger partial charge in [-0.2, -0.15) is 13.2 Å². The summed E-state index contributed by atoms with van der Waals surface area (Å²) in [5.74, 6) is -1.14. The van der Waals surface area contributed by atoms with Crippen LogP contribution in [0.15, 0.2) is 48.5 Å². The highest BCUT2D eigenvalue weighted by atomic mass is 35.5. The van der Waals surface area contributed by atoms with Crippen molar-refractivity contribution in [2.45, 2.75) is 45.3 Å². The van der Waals surface area contributed by atoms with Crippen molar-refractivity contribution in [1.29, 1.82) is 0 Å². The summed E-state index contributed by atoms with van der Waals surface area (Å²) in [6.45, 7) is 3.21. The van der Waals surface area contributed by atoms with Gasteiger partial charge in [-0.25, -0.2) is 8.42 Å². The van der Waals surface area contributed by atoms with E-state index in [0.29, 0.717) is 23.3 Å². The van der Waals surface area contributed by atoms with Crippen LogP contribution in [-0.4, -0.2) is 57.1 Å². The number of anilines is 1. The van der Waals surface area contributed by atoms with Crippen molar-refractivity contribution in [2.75, 3.05) is 30.2 Å². The average molecular weight is 562 g/mol. The minimum Gasteiger partial charge on any atom is -0.354 e. The molecule has 0 saturated heterocycles. The van der Waals surface area contributed by atoms with Crippen LogP contribution in [0, 0.1) is 0 Å². The largest absolute Gasteiger partial charge is 0.417 e. The number of nitrogens with zero attached hydrogens (tertiary/aromatic N) is 2. The number of benzene rings is 2. The molecule has 37 heavy (non-hydrogen) atoms. The standard InChI is InChI=1S/C25H31ClF3N3O4S/c1-4-5-14-30-24(34)18(2)31(15-13-19-9-7-6-8-10-19)23(33)17-32(37(3,35)36)20-11-12-22(26)21(16-20)25(27,28)29/h6-12,16,18H,4-5,13-15,17H2,1-3H3,(H,30,34). The molecule has 0 aliphatic heterocycles. The molecular weight excluding hydrogens is 531 g/mol. The number of rotatable bonds is 12. The number of sulfonamides is 1. The second kappa shape index (κ2) is 13.1. The zero-order valence-corrected chi connectivity index (χ0v) is 22.5. The smallest absolute Gasteiger partial charge is 0.354 e. The van der Waals surface area contributed by atoms with E-state index in [2.05, 4.69) is 5.32 Å². The topological polar surface area (TPSA) is 86.8 Å². The van der Waals surface area contributed by atoms with Crippen molar-refractivity contribution in [2.24, 2.45) is 0 Å². The van der Waals surface area contributed by atoms with Crippen LogP contribution in [0.5, 0.6) is 0 Å². The number of halogens is 4. The van der Waals surface area contributed by atoms with Gasteiger partial charge in [0.2, 0.25) is 21.8 Å². The number of carbonyl (C=O) groups excluding carboxylic acids is 2. The van der Waals surface area contributed by atoms with Gasteiger partial charge >= 0.3 is 6.18 Å². The zero-order valence-electron chi connectivity index (χ0n) is 20.9. The third kappa shape index (κ3) is 8.92. The Morgan fingerprint density at radius 3 is 2.32 bits per heavy atom. The summed E-state index contributed by atoms with van der Waals surface area (Å²) >= 11 is 5.68. The molecule has 0 saturated carbocycles. The molecule has 7 nitrogen and oxygen atoms in total. The third-order valence-corrected chi connectivity index (χ3v) is 7.17. The van der Waals surface area contributed by atoms with Gasteiger partial charge in [-0.1, -0.05) is 55.3 Å². The zero-order chi connectivity index (χ0) is 27.8. The molecule has 0 fully saturated rings. The number of carbonyl (C=O) groups is 2. The van der Waals surface area contributed by atoms with Gasteiger partial charge in [0.25, 0.3) is 0 Å². The molecule has 1 atom stereocenters. The van der Waals surface area contributed by atoms with Gasteiger partial charge in [-0.05, 0) is 43.5 Å². The van der Waals surface area contributed by atoms with Gasteiger partial charge in [0.15, 0.2) is 0 Å². The minimum absolute atomic E-state index is 0.0945. The van der Waals surface area contributed by atoms with E-state index in [-0.39, 0.29) is 12.2 Å². The van der Waals surface area contributed by atoms with Crippen LogP contribution in [0.2, 0.25) is 5.02 Å². The first kappa shape index (κ1) is 30.4. The molecule has 2 aromatic carbocycles. The molecule has 0 aliphatic rings. The van der Waals surface area contributed by atoms with Crippen LogP contribution >= 0.6 is 11.6 Å². The summed E-state index contributed by atoms with van der Waals surface area (Å²) in [5.41, 5.74) is -0.695. The Bertz CT molecular complexity index is 1180. The Morgan fingerprint density at radius 1 is 1.11 bits per heavy atom. The van der Waals surface area contributed by atoms with Crippen molar-refractivity contribution >= 4 is 39.1 Å². The van der Waals surface area contributed by atoms with Crippen LogP contribution in [0.1, 0.15) is 37.8 Å². The summed E-state index contributed by atoms with van der Waals surface area (Å²) in [6, 6.07) is 10.9. The molecule has 12 heteroatoms. The van der Waals surface area contributed by atoms with Crippen LogP contribution in [0.3, 0.4) is 0 Å². The monoisotopic (exact) mass is 561 g/mol. The van der Waals surface area contributed by atoms with Gasteiger partial charge in [0.1, 0.15) is 12.6 Å². The molecule has 1 N–H and O–H groups in total. The highest BCUT2D eigenvalue weighted by Gasteiger charge is 2.35. The van der Waals surface area contributed by atoms with Gasteiger partial charge in [-0.15, -0.1) is 0 Å². The average Bonchev–Trinajstić information content (AvgIpc) is 2.82. The Labute approximate surface area is 220 Å². The Hall–Kier alpha value is -2.79. The van der Waals surface area contributed by atoms with Crippen LogP contribution in [-0.2, 0) is 32.2 Å². The van der Waals surface area contributed by atoms with E-state index in [4.69, 9.17) is 11.6 Å². The molecule has 1 unspecified atom stereocenters. The predicted octanol–water partition coefficient (Wildman–Crippen LogP) is 4.50. The summed E-state index contributed by atoms with van der Waals surface area (Å²) in [4.78, 5) is 27.4. The van der Waals surface area contributed by atoms with Crippen LogP contribution in [0.25, 0.3) is 0 Å². The van der Waals surface area contributed by atoms with Gasteiger partial charge in [0.05, 0.1) is 22.5 Å². The molecule has 2 aromatic rings. The first-order valence-corrected chi connectivity index (χ1v) is 13.9. The molecule has 204 valence electrons. The maximum Gasteiger partial charge on any atom is 0.417 e. The molecule has 0 aromatic heterocycles. The van der Waals surface area contributed by atoms with Crippen LogP contribution in [0.4, 0.5) is 18.9 Å². The van der Waals surface area contributed by atoms with E-state index in [1.165, 1.54) is 11.8 Å². The number of hydrogen-bond acceptors (Lipinski definition) is 4. The molecule has 0 bridgehead atoms. The lowest BCUT2D eigenvalue weighted by molar-refractivity contribution is -0.138. The maximum atomic E-state index is 13.4. The summed E-state index contributed by atoms with van der Waals surface area (Å²) < 4.78 is 65.9. The van der Waals surface area contributed by atoms with Crippen LogP contribution < -0.4 is 9.62 Å². The van der Waals surface area contributed by atoms with Crippen molar-refractivity contribution in [3.05, 3.63) is 64.7 Å². The fourth-order valence-electron chi connectivity index (χ4n) is 3.61. The highest BCUT2D eigenvalue weighted by molar-refractivity contribution is 7.92. The highest BCUT2D eigenvalue weighted by Crippen LogP contribution is 2.37. The first-order chi connectivity index (χ1) is 17.3. The summed E-state index contributed by atoms with van der Waals surface area (Å²) in [6.07, 6.45) is -2.05. The fourth-order valence-corrected chi connectivity index (χ4v) is 4.67. The van der Waals surface area contributed by atoms with E-state index >= 15 is 0 Å². The van der Waals surface area contributed by atoms with Crippen molar-refractivity contribution in [3.8, 4) is 0 Å². The van der Waals surface area contributed by atoms with E-state index in [0.717, 1.165) is 36.8 Å². The van der Waals surface area contributed by atoms with Gasteiger partial charge in [0, 0.05) is 13.1 Å². The Balaban J connectivity index is 2.37. The number of hydrogen-bond donors (Lipinski definition) is 1. The second-order valence-corrected chi connectivity index (χ2v) is 10.9. The van der Waals surface area contributed by atoms with Crippen molar-refractivity contribution in [1.82, 2.24) is 10.2 Å². The predicted molar refractivity (Wildman–Crippen MR) is 138 cm³/mol. The fraction of sp³-hybridized carbons (Fsp3) is 0.440. The molecule has 0 radical (unpaired) electrons. The third-order valence-electron chi connectivity index (χ3n) is 5.70. The molecule has 2 amide bonds. The van der Waals surface area contributed by atoms with Gasteiger partial charge in [-0.3, -0.25) is 13.9 Å². The van der Waals surface area contributed by atoms with Gasteiger partial charge < -0.3 is 10.2 Å². The number of alkyl halides is 3. The van der Waals surface area contributed by atoms with E-state index in [1.807, 2.05) is 37.3 Å². The van der Waals surface area contributed by atoms with Crippen molar-refractivity contribution in [3.63, 3.8) is 0 Å². The summed E-state index contributed by atoms with van der Waals surface area (Å²) in [5, 5.41) is 2.16. The molecule has 0 heterocycles. The molecule has 0 aliphatic carbocycles. The quantitative estimate of drug-likeness (QED) is 0.387. The first-order valence-electron chi connectivity index (χ1n) is 11.7. The molecular formula is C25H31ClF3N3O4S. The normalized spacial score (nSPS) is 12.6. The lowest BCUT2D eigenvalue weighted by Crippen LogP contribution is -2.52. The maximum absolute atomic E-state index is 13.4. The lowest BCUT2D eigenvalue weighted by atomic mass is 10.1. The molecule has 2 rings (SSSR count). The Morgan fingerprint density at radius 2 is 1.76 bits per heavy atom. The number of unbranched alkanes of at least 4 members (excludes halogenated alkanes) is 1. The SMILES string of the molecule is CCCCNC(=O)C(C)N(CCc1ccccc1)C(=O)CN(c1ccc(Cl)c(C(F)(F)F)c1)S(C)(=O)=O. The molecule has 0 spiro atoms. The van der Waals surface area contributed by atoms with E-state index < -0.39 is 51.2 Å². The minimum atomic E-state index is -4.83. The number of amides is 2. The van der Waals surface area contributed by atoms with E-state index in [1.54, 1.807) is 0 Å². The lowest BCUT2D eigenvalue weighted by Gasteiger charge is -2.31. The summed E-state index contributed by atoms with van der Waals surface area (Å²) in [7, 11) is -4.18. The Kier molecular flexibility index (Phi) is 10.8. The van der Waals surface area contributed by atoms with Crippen molar-refractivity contribution < 1.29 is 31.2 Å². The second-order valence-electron chi connectivity index (χ2n) is 8.57.